The third-order valence-electron chi connectivity index (χ3n) is 7.46. The third-order valence-corrected chi connectivity index (χ3v) is 7.46. The second kappa shape index (κ2) is 10.3. The van der Waals surface area contributed by atoms with E-state index in [0.717, 1.165) is 22.6 Å². The zero-order valence-corrected chi connectivity index (χ0v) is 23.7. The highest BCUT2D eigenvalue weighted by atomic mass is 16.6. The molecule has 0 saturated heterocycles. The minimum atomic E-state index is -0.409. The number of carbonyl (C=O) groups is 1. The highest BCUT2D eigenvalue weighted by molar-refractivity contribution is 6.00. The molecule has 210 valence electrons. The SMILES string of the molecule is COc1ccc(/C(C)=N\OCc2nc3c4c(ncn3n2)OC2=C(C(=O)CC(C)(C)C2)C4c2ccc(OC)cc2)cc1. The van der Waals surface area contributed by atoms with Crippen LogP contribution in [0.4, 0.5) is 0 Å². The molecule has 0 bridgehead atoms. The van der Waals surface area contributed by atoms with Gasteiger partial charge in [0.2, 0.25) is 5.88 Å². The summed E-state index contributed by atoms with van der Waals surface area (Å²) in [6.07, 6.45) is 2.65. The lowest BCUT2D eigenvalue weighted by Gasteiger charge is -2.37. The standard InChI is InChI=1S/C31H31N5O5/c1-18(19-6-10-21(38-4)11-7-19)35-40-16-25-33-29-28-26(20-8-12-22(39-5)13-9-20)27-23(37)14-31(2,3)15-24(27)41-30(28)32-17-36(29)34-25/h6-13,17,26H,14-16H2,1-5H3/b35-18-. The summed E-state index contributed by atoms with van der Waals surface area (Å²) in [6.45, 7) is 6.08. The number of rotatable bonds is 7. The van der Waals surface area contributed by atoms with Gasteiger partial charge in [0, 0.05) is 24.3 Å². The van der Waals surface area contributed by atoms with Crippen LogP contribution in [0.25, 0.3) is 5.65 Å². The average Bonchev–Trinajstić information content (AvgIpc) is 3.38. The molecule has 3 heterocycles. The maximum Gasteiger partial charge on any atom is 0.228 e. The van der Waals surface area contributed by atoms with Crippen molar-refractivity contribution in [3.63, 3.8) is 0 Å². The van der Waals surface area contributed by atoms with E-state index in [4.69, 9.17) is 24.0 Å². The van der Waals surface area contributed by atoms with E-state index in [1.54, 1.807) is 25.1 Å². The van der Waals surface area contributed by atoms with E-state index in [9.17, 15) is 4.79 Å². The van der Waals surface area contributed by atoms with Crippen LogP contribution in [-0.4, -0.2) is 45.3 Å². The van der Waals surface area contributed by atoms with Gasteiger partial charge >= 0.3 is 0 Å². The monoisotopic (exact) mass is 553 g/mol. The van der Waals surface area contributed by atoms with E-state index in [2.05, 4.69) is 29.1 Å². The van der Waals surface area contributed by atoms with Crippen molar-refractivity contribution in [2.45, 2.75) is 46.1 Å². The predicted octanol–water partition coefficient (Wildman–Crippen LogP) is 5.25. The Hall–Kier alpha value is -4.73. The fraction of sp³-hybridized carbons (Fsp3) is 0.323. The predicted molar refractivity (Wildman–Crippen MR) is 151 cm³/mol. The molecule has 2 aromatic heterocycles. The molecule has 10 heteroatoms. The van der Waals surface area contributed by atoms with Crippen LogP contribution in [0.5, 0.6) is 17.4 Å². The number of oxime groups is 1. The first-order valence-corrected chi connectivity index (χ1v) is 13.4. The molecule has 1 aliphatic heterocycles. The van der Waals surface area contributed by atoms with Crippen molar-refractivity contribution in [1.82, 2.24) is 19.6 Å². The maximum absolute atomic E-state index is 13.6. The number of Topliss-reactive ketones (excluding diaryl/α,β-unsaturated/α-hetero) is 1. The molecule has 0 fully saturated rings. The van der Waals surface area contributed by atoms with Gasteiger partial charge in [-0.1, -0.05) is 31.1 Å². The molecular weight excluding hydrogens is 522 g/mol. The third kappa shape index (κ3) is 5.01. The number of fused-ring (bicyclic) bond motifs is 3. The van der Waals surface area contributed by atoms with E-state index < -0.39 is 5.92 Å². The number of allylic oxidation sites excluding steroid dienone is 2. The fourth-order valence-electron chi connectivity index (χ4n) is 5.45. The van der Waals surface area contributed by atoms with Crippen LogP contribution >= 0.6 is 0 Å². The van der Waals surface area contributed by atoms with Gasteiger partial charge in [0.25, 0.3) is 0 Å². The fourth-order valence-corrected chi connectivity index (χ4v) is 5.45. The number of hydrogen-bond donors (Lipinski definition) is 0. The van der Waals surface area contributed by atoms with Crippen molar-refractivity contribution in [2.24, 2.45) is 10.6 Å². The molecule has 1 atom stereocenters. The molecule has 10 nitrogen and oxygen atoms in total. The van der Waals surface area contributed by atoms with Crippen LogP contribution in [0.2, 0.25) is 0 Å². The molecule has 6 rings (SSSR count). The molecule has 0 radical (unpaired) electrons. The Kier molecular flexibility index (Phi) is 6.69. The lowest BCUT2D eigenvalue weighted by atomic mass is 9.70. The Labute approximate surface area is 237 Å². The Morgan fingerprint density at radius 3 is 2.41 bits per heavy atom. The van der Waals surface area contributed by atoms with Gasteiger partial charge in [0.05, 0.1) is 25.5 Å². The van der Waals surface area contributed by atoms with Crippen LogP contribution in [0.15, 0.2) is 71.3 Å². The lowest BCUT2D eigenvalue weighted by molar-refractivity contribution is -0.118. The number of nitrogens with zero attached hydrogens (tertiary/aromatic N) is 5. The zero-order valence-electron chi connectivity index (χ0n) is 23.7. The molecular formula is C31H31N5O5. The van der Waals surface area contributed by atoms with Gasteiger partial charge in [-0.3, -0.25) is 4.79 Å². The van der Waals surface area contributed by atoms with E-state index >= 15 is 0 Å². The second-order valence-electron chi connectivity index (χ2n) is 11.0. The topological polar surface area (TPSA) is 109 Å². The second-order valence-corrected chi connectivity index (χ2v) is 11.0. The molecule has 4 aromatic rings. The quantitative estimate of drug-likeness (QED) is 0.226. The first-order valence-electron chi connectivity index (χ1n) is 13.4. The van der Waals surface area contributed by atoms with E-state index in [0.29, 0.717) is 52.8 Å². The number of hydrogen-bond acceptors (Lipinski definition) is 9. The normalized spacial score (nSPS) is 18.0. The number of benzene rings is 2. The van der Waals surface area contributed by atoms with Crippen LogP contribution < -0.4 is 14.2 Å². The average molecular weight is 554 g/mol. The maximum atomic E-state index is 13.6. The van der Waals surface area contributed by atoms with E-state index in [1.807, 2.05) is 55.5 Å². The molecule has 0 amide bonds. The summed E-state index contributed by atoms with van der Waals surface area (Å²) in [5, 5.41) is 8.81. The largest absolute Gasteiger partial charge is 0.497 e. The van der Waals surface area contributed by atoms with E-state index in [-0.39, 0.29) is 17.8 Å². The minimum Gasteiger partial charge on any atom is -0.497 e. The van der Waals surface area contributed by atoms with Gasteiger partial charge in [-0.25, -0.2) is 14.5 Å². The van der Waals surface area contributed by atoms with Gasteiger partial charge < -0.3 is 19.0 Å². The smallest absolute Gasteiger partial charge is 0.228 e. The van der Waals surface area contributed by atoms with Crippen molar-refractivity contribution in [1.29, 1.82) is 0 Å². The van der Waals surface area contributed by atoms with Crippen molar-refractivity contribution in [3.8, 4) is 17.4 Å². The summed E-state index contributed by atoms with van der Waals surface area (Å²) in [6, 6.07) is 15.3. The molecule has 2 aliphatic rings. The van der Waals surface area contributed by atoms with Gasteiger partial charge in [-0.15, -0.1) is 5.10 Å². The summed E-state index contributed by atoms with van der Waals surface area (Å²) in [4.78, 5) is 28.6. The molecule has 1 unspecified atom stereocenters. The summed E-state index contributed by atoms with van der Waals surface area (Å²) in [7, 11) is 3.25. The Bertz CT molecular complexity index is 1690. The minimum absolute atomic E-state index is 0.0546. The Balaban J connectivity index is 1.36. The highest BCUT2D eigenvalue weighted by Gasteiger charge is 2.44. The van der Waals surface area contributed by atoms with Crippen LogP contribution in [0, 0.1) is 5.41 Å². The molecule has 2 aromatic carbocycles. The van der Waals surface area contributed by atoms with E-state index in [1.165, 1.54) is 0 Å². The van der Waals surface area contributed by atoms with Crippen molar-refractivity contribution in [3.05, 3.63) is 88.7 Å². The van der Waals surface area contributed by atoms with Crippen LogP contribution in [0.3, 0.4) is 0 Å². The van der Waals surface area contributed by atoms with Gasteiger partial charge in [0.1, 0.15) is 23.6 Å². The molecule has 41 heavy (non-hydrogen) atoms. The molecule has 0 saturated carbocycles. The summed E-state index contributed by atoms with van der Waals surface area (Å²) in [5.74, 6) is 2.68. The number of ether oxygens (including phenoxy) is 3. The van der Waals surface area contributed by atoms with Crippen molar-refractivity contribution in [2.75, 3.05) is 14.2 Å². The van der Waals surface area contributed by atoms with Gasteiger partial charge in [0.15, 0.2) is 23.9 Å². The summed E-state index contributed by atoms with van der Waals surface area (Å²) >= 11 is 0. The Morgan fingerprint density at radius 2 is 1.73 bits per heavy atom. The zero-order chi connectivity index (χ0) is 28.7. The first kappa shape index (κ1) is 26.5. The number of methoxy groups -OCH3 is 2. The number of ketones is 1. The van der Waals surface area contributed by atoms with Crippen LogP contribution in [-0.2, 0) is 16.2 Å². The van der Waals surface area contributed by atoms with Crippen LogP contribution in [0.1, 0.15) is 62.0 Å². The van der Waals surface area contributed by atoms with Crippen molar-refractivity contribution >= 4 is 17.1 Å². The van der Waals surface area contributed by atoms with Gasteiger partial charge in [-0.2, -0.15) is 0 Å². The molecule has 0 spiro atoms. The molecule has 1 aliphatic carbocycles. The van der Waals surface area contributed by atoms with Gasteiger partial charge in [-0.05, 0) is 59.9 Å². The summed E-state index contributed by atoms with van der Waals surface area (Å²) < 4.78 is 18.5. The summed E-state index contributed by atoms with van der Waals surface area (Å²) in [5.41, 5.74) is 4.24. The van der Waals surface area contributed by atoms with Crippen molar-refractivity contribution < 1.29 is 23.8 Å². The lowest BCUT2D eigenvalue weighted by Crippen LogP contribution is -2.33. The highest BCUT2D eigenvalue weighted by Crippen LogP contribution is 2.50. The Morgan fingerprint density at radius 1 is 1.05 bits per heavy atom. The number of carbonyl (C=O) groups excluding carboxylic acids is 1. The number of aromatic nitrogens is 4. The first-order chi connectivity index (χ1) is 19.8. The molecule has 0 N–H and O–H groups in total.